The third-order valence-corrected chi connectivity index (χ3v) is 5.93. The minimum Gasteiger partial charge on any atom is -0.390 e. The van der Waals surface area contributed by atoms with Gasteiger partial charge in [-0.2, -0.15) is 0 Å². The first-order valence-corrected chi connectivity index (χ1v) is 7.15. The predicted octanol–water partition coefficient (Wildman–Crippen LogP) is 3.13. The molecule has 17 heavy (non-hydrogen) atoms. The molecule has 2 saturated carbocycles. The molecule has 0 amide bonds. The van der Waals surface area contributed by atoms with Crippen LogP contribution in [-0.2, 0) is 4.74 Å². The van der Waals surface area contributed by atoms with Crippen LogP contribution in [0.5, 0.6) is 0 Å². The highest BCUT2D eigenvalue weighted by molar-refractivity contribution is 5.08. The van der Waals surface area contributed by atoms with Crippen molar-refractivity contribution in [3.8, 4) is 0 Å². The van der Waals surface area contributed by atoms with Gasteiger partial charge >= 0.3 is 0 Å². The first kappa shape index (κ1) is 12.0. The van der Waals surface area contributed by atoms with E-state index in [4.69, 9.17) is 4.74 Å². The van der Waals surface area contributed by atoms with Crippen molar-refractivity contribution in [2.75, 3.05) is 0 Å². The molecule has 0 bridgehead atoms. The number of hydrogen-bond acceptors (Lipinski definition) is 2. The molecule has 5 atom stereocenters. The highest BCUT2D eigenvalue weighted by Gasteiger charge is 2.59. The van der Waals surface area contributed by atoms with Gasteiger partial charge in [0.2, 0.25) is 0 Å². The zero-order chi connectivity index (χ0) is 12.5. The van der Waals surface area contributed by atoms with Gasteiger partial charge in [0.1, 0.15) is 0 Å². The Balaban J connectivity index is 1.81. The molecule has 1 saturated heterocycles. The monoisotopic (exact) mass is 238 g/mol. The molecular formula is C15H26O2. The summed E-state index contributed by atoms with van der Waals surface area (Å²) in [4.78, 5) is 0. The molecule has 3 rings (SSSR count). The standard InChI is InChI=1S/C15H26O2/c1-13(2)9-11-10(13)5-8-15(4)12(17-15)6-7-14(11,3)16/h10-12,16H,5-9H2,1-4H3/t10-,11+,12-,14-,15-/m1/s1. The van der Waals surface area contributed by atoms with E-state index in [-0.39, 0.29) is 5.60 Å². The van der Waals surface area contributed by atoms with Crippen LogP contribution in [0.4, 0.5) is 0 Å². The first-order valence-electron chi connectivity index (χ1n) is 7.15. The zero-order valence-electron chi connectivity index (χ0n) is 11.6. The van der Waals surface area contributed by atoms with Gasteiger partial charge in [0.05, 0.1) is 17.3 Å². The Morgan fingerprint density at radius 1 is 1.00 bits per heavy atom. The quantitative estimate of drug-likeness (QED) is 0.658. The summed E-state index contributed by atoms with van der Waals surface area (Å²) in [5.74, 6) is 1.19. The molecular weight excluding hydrogens is 212 g/mol. The molecule has 0 spiro atoms. The Kier molecular flexibility index (Phi) is 2.30. The molecule has 1 heterocycles. The molecule has 2 nitrogen and oxygen atoms in total. The molecule has 1 N–H and O–H groups in total. The third-order valence-electron chi connectivity index (χ3n) is 5.93. The van der Waals surface area contributed by atoms with E-state index in [1.54, 1.807) is 0 Å². The maximum atomic E-state index is 10.7. The number of hydrogen-bond donors (Lipinski definition) is 1. The summed E-state index contributed by atoms with van der Waals surface area (Å²) >= 11 is 0. The average molecular weight is 238 g/mol. The van der Waals surface area contributed by atoms with Crippen LogP contribution in [-0.4, -0.2) is 22.4 Å². The number of fused-ring (bicyclic) bond motifs is 2. The van der Waals surface area contributed by atoms with Gasteiger partial charge in [-0.25, -0.2) is 0 Å². The summed E-state index contributed by atoms with van der Waals surface area (Å²) < 4.78 is 5.84. The van der Waals surface area contributed by atoms with Crippen molar-refractivity contribution in [1.82, 2.24) is 0 Å². The smallest absolute Gasteiger partial charge is 0.0920 e. The van der Waals surface area contributed by atoms with E-state index in [1.165, 1.54) is 19.3 Å². The van der Waals surface area contributed by atoms with Gasteiger partial charge in [-0.3, -0.25) is 0 Å². The molecule has 2 aliphatic carbocycles. The minimum atomic E-state index is -0.475. The molecule has 0 aromatic carbocycles. The van der Waals surface area contributed by atoms with E-state index in [0.717, 1.165) is 12.8 Å². The number of epoxide rings is 1. The van der Waals surface area contributed by atoms with Crippen molar-refractivity contribution >= 4 is 0 Å². The fraction of sp³-hybridized carbons (Fsp3) is 1.00. The van der Waals surface area contributed by atoms with Gasteiger partial charge in [0.15, 0.2) is 0 Å². The fourth-order valence-electron chi connectivity index (χ4n) is 4.42. The lowest BCUT2D eigenvalue weighted by Crippen LogP contribution is -2.54. The van der Waals surface area contributed by atoms with E-state index >= 15 is 0 Å². The molecule has 0 aromatic rings. The summed E-state index contributed by atoms with van der Waals surface area (Å²) in [5.41, 5.74) is 0.0772. The molecule has 98 valence electrons. The van der Waals surface area contributed by atoms with Crippen molar-refractivity contribution in [2.24, 2.45) is 17.3 Å². The lowest BCUT2D eigenvalue weighted by atomic mass is 9.50. The summed E-state index contributed by atoms with van der Waals surface area (Å²) in [6.45, 7) is 9.01. The Bertz CT molecular complexity index is 334. The van der Waals surface area contributed by atoms with E-state index in [1.807, 2.05) is 6.92 Å². The molecule has 0 unspecified atom stereocenters. The van der Waals surface area contributed by atoms with Gasteiger partial charge < -0.3 is 9.84 Å². The van der Waals surface area contributed by atoms with Crippen LogP contribution in [0.3, 0.4) is 0 Å². The van der Waals surface area contributed by atoms with Crippen LogP contribution < -0.4 is 0 Å². The van der Waals surface area contributed by atoms with Crippen molar-refractivity contribution in [3.63, 3.8) is 0 Å². The summed E-state index contributed by atoms with van der Waals surface area (Å²) in [6, 6.07) is 0. The van der Waals surface area contributed by atoms with E-state index in [2.05, 4.69) is 20.8 Å². The Morgan fingerprint density at radius 2 is 1.71 bits per heavy atom. The van der Waals surface area contributed by atoms with Gasteiger partial charge in [-0.05, 0) is 63.2 Å². The lowest BCUT2D eigenvalue weighted by molar-refractivity contribution is -0.144. The fourth-order valence-corrected chi connectivity index (χ4v) is 4.42. The van der Waals surface area contributed by atoms with Crippen molar-refractivity contribution in [2.45, 2.75) is 77.1 Å². The van der Waals surface area contributed by atoms with Crippen LogP contribution >= 0.6 is 0 Å². The van der Waals surface area contributed by atoms with Crippen LogP contribution in [0.2, 0.25) is 0 Å². The second-order valence-corrected chi connectivity index (χ2v) is 7.76. The molecule has 3 fully saturated rings. The van der Waals surface area contributed by atoms with Crippen molar-refractivity contribution in [3.05, 3.63) is 0 Å². The third kappa shape index (κ3) is 1.76. The Morgan fingerprint density at radius 3 is 2.35 bits per heavy atom. The van der Waals surface area contributed by atoms with E-state index in [0.29, 0.717) is 23.4 Å². The highest BCUT2D eigenvalue weighted by Crippen LogP contribution is 2.60. The van der Waals surface area contributed by atoms with Gasteiger partial charge in [-0.15, -0.1) is 0 Å². The SMILES string of the molecule is CC1(C)C[C@H]2[C@H]1CC[C@@]1(C)O[C@@H]1CC[C@@]2(C)O. The second-order valence-electron chi connectivity index (χ2n) is 7.76. The maximum Gasteiger partial charge on any atom is 0.0920 e. The van der Waals surface area contributed by atoms with Crippen LogP contribution in [0.25, 0.3) is 0 Å². The van der Waals surface area contributed by atoms with E-state index in [9.17, 15) is 5.11 Å². The Labute approximate surface area is 105 Å². The average Bonchev–Trinajstić information content (AvgIpc) is 2.83. The predicted molar refractivity (Wildman–Crippen MR) is 67.7 cm³/mol. The molecule has 1 aliphatic heterocycles. The summed E-state index contributed by atoms with van der Waals surface area (Å²) in [6.07, 6.45) is 5.94. The zero-order valence-corrected chi connectivity index (χ0v) is 11.6. The number of rotatable bonds is 0. The molecule has 3 aliphatic rings. The second kappa shape index (κ2) is 3.27. The lowest BCUT2D eigenvalue weighted by Gasteiger charge is -2.57. The van der Waals surface area contributed by atoms with Crippen LogP contribution in [0.1, 0.15) is 59.8 Å². The molecule has 0 radical (unpaired) electrons. The minimum absolute atomic E-state index is 0.136. The molecule has 0 aromatic heterocycles. The topological polar surface area (TPSA) is 32.8 Å². The normalized spacial score (nSPS) is 56.6. The van der Waals surface area contributed by atoms with Crippen molar-refractivity contribution < 1.29 is 9.84 Å². The van der Waals surface area contributed by atoms with Crippen molar-refractivity contribution in [1.29, 1.82) is 0 Å². The van der Waals surface area contributed by atoms with Crippen LogP contribution in [0, 0.1) is 17.3 Å². The molecule has 2 heteroatoms. The van der Waals surface area contributed by atoms with Gasteiger partial charge in [0.25, 0.3) is 0 Å². The Hall–Kier alpha value is -0.0800. The highest BCUT2D eigenvalue weighted by atomic mass is 16.6. The van der Waals surface area contributed by atoms with Crippen LogP contribution in [0.15, 0.2) is 0 Å². The van der Waals surface area contributed by atoms with E-state index < -0.39 is 5.60 Å². The largest absolute Gasteiger partial charge is 0.390 e. The van der Waals surface area contributed by atoms with Gasteiger partial charge in [0, 0.05) is 0 Å². The number of aliphatic hydroxyl groups is 1. The summed E-state index contributed by atoms with van der Waals surface area (Å²) in [5, 5.41) is 10.7. The van der Waals surface area contributed by atoms with Gasteiger partial charge in [-0.1, -0.05) is 13.8 Å². The number of ether oxygens (including phenoxy) is 1. The first-order chi connectivity index (χ1) is 7.75. The summed E-state index contributed by atoms with van der Waals surface area (Å²) in [7, 11) is 0. The maximum absolute atomic E-state index is 10.7.